The summed E-state index contributed by atoms with van der Waals surface area (Å²) in [6.45, 7) is 8.21. The lowest BCUT2D eigenvalue weighted by Crippen LogP contribution is -2.60. The first kappa shape index (κ1) is 20.4. The van der Waals surface area contributed by atoms with Crippen LogP contribution in [-0.4, -0.2) is 53.4 Å². The van der Waals surface area contributed by atoms with Crippen molar-refractivity contribution in [1.82, 2.24) is 15.1 Å². The van der Waals surface area contributed by atoms with E-state index in [-0.39, 0.29) is 5.54 Å². The number of likely N-dealkylation sites (tertiary alicyclic amines) is 1. The van der Waals surface area contributed by atoms with E-state index in [2.05, 4.69) is 53.9 Å². The number of hydrogen-bond donors (Lipinski definition) is 0. The van der Waals surface area contributed by atoms with E-state index in [4.69, 9.17) is 16.3 Å². The second kappa shape index (κ2) is 7.77. The van der Waals surface area contributed by atoms with Crippen LogP contribution in [-0.2, 0) is 0 Å². The topological polar surface area (TPSA) is 41.5 Å². The lowest BCUT2D eigenvalue weighted by molar-refractivity contribution is 0.0374. The van der Waals surface area contributed by atoms with Crippen LogP contribution in [0, 0.1) is 5.92 Å². The SMILES string of the molecule is COc1cc(Cl)ccc1-c1ccc(N(C2CC2)C2CCN(C)C(C)(C)C2C)nn1. The minimum atomic E-state index is 0.167. The van der Waals surface area contributed by atoms with E-state index in [1.54, 1.807) is 7.11 Å². The summed E-state index contributed by atoms with van der Waals surface area (Å²) in [5.74, 6) is 2.24. The predicted octanol–water partition coefficient (Wildman–Crippen LogP) is 4.89. The molecule has 1 aromatic heterocycles. The lowest BCUT2D eigenvalue weighted by atomic mass is 9.76. The maximum atomic E-state index is 6.10. The van der Waals surface area contributed by atoms with Gasteiger partial charge >= 0.3 is 0 Å². The number of methoxy groups -OCH3 is 1. The normalized spacial score (nSPS) is 24.3. The zero-order valence-electron chi connectivity index (χ0n) is 18.0. The molecule has 1 aliphatic heterocycles. The summed E-state index contributed by atoms with van der Waals surface area (Å²) >= 11 is 6.10. The molecule has 1 saturated carbocycles. The molecule has 6 heteroatoms. The molecule has 2 aliphatic rings. The van der Waals surface area contributed by atoms with Crippen LogP contribution in [0.5, 0.6) is 5.75 Å². The molecule has 0 spiro atoms. The Hall–Kier alpha value is -1.85. The second-order valence-corrected chi connectivity index (χ2v) is 9.42. The first-order valence-corrected chi connectivity index (χ1v) is 10.9. The number of aromatic nitrogens is 2. The van der Waals surface area contributed by atoms with Crippen molar-refractivity contribution in [1.29, 1.82) is 0 Å². The Morgan fingerprint density at radius 2 is 1.90 bits per heavy atom. The number of rotatable bonds is 5. The molecule has 4 rings (SSSR count). The Morgan fingerprint density at radius 1 is 1.14 bits per heavy atom. The number of anilines is 1. The third kappa shape index (κ3) is 3.82. The van der Waals surface area contributed by atoms with Gasteiger partial charge in [-0.15, -0.1) is 10.2 Å². The molecule has 2 fully saturated rings. The van der Waals surface area contributed by atoms with Crippen molar-refractivity contribution in [3.63, 3.8) is 0 Å². The average molecular weight is 415 g/mol. The molecule has 2 atom stereocenters. The molecule has 5 nitrogen and oxygen atoms in total. The summed E-state index contributed by atoms with van der Waals surface area (Å²) in [6.07, 6.45) is 3.65. The summed E-state index contributed by atoms with van der Waals surface area (Å²) in [6, 6.07) is 10.8. The van der Waals surface area contributed by atoms with Gasteiger partial charge in [-0.2, -0.15) is 0 Å². The molecule has 2 unspecified atom stereocenters. The Morgan fingerprint density at radius 3 is 2.52 bits per heavy atom. The van der Waals surface area contributed by atoms with Gasteiger partial charge < -0.3 is 14.5 Å². The highest BCUT2D eigenvalue weighted by Gasteiger charge is 2.45. The fourth-order valence-electron chi connectivity index (χ4n) is 4.53. The number of halogens is 1. The second-order valence-electron chi connectivity index (χ2n) is 8.98. The van der Waals surface area contributed by atoms with Gasteiger partial charge in [0.15, 0.2) is 5.82 Å². The number of piperidine rings is 1. The van der Waals surface area contributed by atoms with Gasteiger partial charge in [-0.1, -0.05) is 18.5 Å². The molecule has 29 heavy (non-hydrogen) atoms. The van der Waals surface area contributed by atoms with Crippen molar-refractivity contribution in [3.05, 3.63) is 35.4 Å². The molecule has 2 aromatic rings. The van der Waals surface area contributed by atoms with Crippen LogP contribution in [0.2, 0.25) is 5.02 Å². The van der Waals surface area contributed by atoms with Crippen molar-refractivity contribution in [2.24, 2.45) is 5.92 Å². The van der Waals surface area contributed by atoms with Gasteiger partial charge in [0.2, 0.25) is 0 Å². The molecular formula is C23H31ClN4O. The highest BCUT2D eigenvalue weighted by atomic mass is 35.5. The van der Waals surface area contributed by atoms with Crippen LogP contribution in [0.4, 0.5) is 5.82 Å². The van der Waals surface area contributed by atoms with Crippen LogP contribution in [0.25, 0.3) is 11.3 Å². The van der Waals surface area contributed by atoms with Crippen molar-refractivity contribution < 1.29 is 4.74 Å². The molecule has 2 heterocycles. The van der Waals surface area contributed by atoms with Gasteiger partial charge in [-0.3, -0.25) is 0 Å². The van der Waals surface area contributed by atoms with E-state index >= 15 is 0 Å². The van der Waals surface area contributed by atoms with Crippen molar-refractivity contribution in [3.8, 4) is 17.0 Å². The predicted molar refractivity (Wildman–Crippen MR) is 119 cm³/mol. The standard InChI is InChI=1S/C23H31ClN4O/c1-15-20(12-13-27(4)23(15,2)3)28(17-7-8-17)22-11-10-19(25-26-22)18-9-6-16(24)14-21(18)29-5/h6,9-11,14-15,17,20H,7-8,12-13H2,1-5H3. The maximum Gasteiger partial charge on any atom is 0.151 e. The van der Waals surface area contributed by atoms with Crippen LogP contribution in [0.3, 0.4) is 0 Å². The fourth-order valence-corrected chi connectivity index (χ4v) is 4.69. The Bertz CT molecular complexity index is 866. The van der Waals surface area contributed by atoms with Gasteiger partial charge in [0.1, 0.15) is 5.75 Å². The third-order valence-corrected chi connectivity index (χ3v) is 7.32. The van der Waals surface area contributed by atoms with E-state index in [9.17, 15) is 0 Å². The molecular weight excluding hydrogens is 384 g/mol. The third-order valence-electron chi connectivity index (χ3n) is 7.09. The van der Waals surface area contributed by atoms with Gasteiger partial charge in [0, 0.05) is 34.8 Å². The Balaban J connectivity index is 1.63. The van der Waals surface area contributed by atoms with E-state index in [0.717, 1.165) is 30.0 Å². The molecule has 156 valence electrons. The summed E-state index contributed by atoms with van der Waals surface area (Å²) in [5, 5.41) is 9.88. The van der Waals surface area contributed by atoms with Crippen molar-refractivity contribution >= 4 is 17.4 Å². The molecule has 0 bridgehead atoms. The number of ether oxygens (including phenoxy) is 1. The summed E-state index contributed by atoms with van der Waals surface area (Å²) in [5.41, 5.74) is 1.87. The Kier molecular flexibility index (Phi) is 5.47. The summed E-state index contributed by atoms with van der Waals surface area (Å²) < 4.78 is 5.48. The van der Waals surface area contributed by atoms with Crippen molar-refractivity contribution in [2.75, 3.05) is 25.6 Å². The van der Waals surface area contributed by atoms with E-state index in [0.29, 0.717) is 28.8 Å². The first-order valence-electron chi connectivity index (χ1n) is 10.5. The quantitative estimate of drug-likeness (QED) is 0.696. The van der Waals surface area contributed by atoms with E-state index in [1.165, 1.54) is 12.8 Å². The van der Waals surface area contributed by atoms with E-state index < -0.39 is 0 Å². The molecule has 0 radical (unpaired) electrons. The first-order chi connectivity index (χ1) is 13.8. The number of hydrogen-bond acceptors (Lipinski definition) is 5. The van der Waals surface area contributed by atoms with Gasteiger partial charge in [-0.05, 0) is 76.4 Å². The van der Waals surface area contributed by atoms with Crippen LogP contribution < -0.4 is 9.64 Å². The lowest BCUT2D eigenvalue weighted by Gasteiger charge is -2.52. The molecule has 0 N–H and O–H groups in total. The molecule has 1 aromatic carbocycles. The minimum absolute atomic E-state index is 0.167. The zero-order chi connectivity index (χ0) is 20.8. The summed E-state index contributed by atoms with van der Waals surface area (Å²) in [7, 11) is 3.89. The van der Waals surface area contributed by atoms with Crippen LogP contribution in [0.1, 0.15) is 40.0 Å². The highest BCUT2D eigenvalue weighted by molar-refractivity contribution is 6.30. The van der Waals surface area contributed by atoms with Crippen molar-refractivity contribution in [2.45, 2.75) is 57.7 Å². The molecule has 1 saturated heterocycles. The average Bonchev–Trinajstić information content (AvgIpc) is 3.54. The largest absolute Gasteiger partial charge is 0.496 e. The zero-order valence-corrected chi connectivity index (χ0v) is 18.8. The maximum absolute atomic E-state index is 6.10. The molecule has 1 aliphatic carbocycles. The van der Waals surface area contributed by atoms with Gasteiger partial charge in [-0.25, -0.2) is 0 Å². The highest BCUT2D eigenvalue weighted by Crippen LogP contribution is 2.41. The smallest absolute Gasteiger partial charge is 0.151 e. The van der Waals surface area contributed by atoms with Gasteiger partial charge in [0.25, 0.3) is 0 Å². The van der Waals surface area contributed by atoms with Gasteiger partial charge in [0.05, 0.1) is 12.8 Å². The van der Waals surface area contributed by atoms with Crippen LogP contribution in [0.15, 0.2) is 30.3 Å². The monoisotopic (exact) mass is 414 g/mol. The van der Waals surface area contributed by atoms with E-state index in [1.807, 2.05) is 24.3 Å². The minimum Gasteiger partial charge on any atom is -0.496 e. The summed E-state index contributed by atoms with van der Waals surface area (Å²) in [4.78, 5) is 5.04. The molecule has 0 amide bonds. The van der Waals surface area contributed by atoms with Crippen LogP contribution >= 0.6 is 11.6 Å². The fraction of sp³-hybridized carbons (Fsp3) is 0.565. The Labute approximate surface area is 179 Å². The number of nitrogens with zero attached hydrogens (tertiary/aromatic N) is 4. The number of benzene rings is 1.